The van der Waals surface area contributed by atoms with Gasteiger partial charge in [-0.05, 0) is 68.5 Å². The third kappa shape index (κ3) is 3.95. The van der Waals surface area contributed by atoms with Crippen molar-refractivity contribution in [2.24, 2.45) is 10.8 Å². The average molecular weight is 259 g/mol. The Balaban J connectivity index is 3.03. The van der Waals surface area contributed by atoms with E-state index in [0.717, 1.165) is 0 Å². The quantitative estimate of drug-likeness (QED) is 0.636. The van der Waals surface area contributed by atoms with Gasteiger partial charge in [0.1, 0.15) is 0 Å². The number of nitrogens with one attached hydrogen (secondary N) is 1. The molecule has 0 aliphatic carbocycles. The summed E-state index contributed by atoms with van der Waals surface area (Å²) in [6.45, 7) is 10.2. The van der Waals surface area contributed by atoms with Crippen molar-refractivity contribution < 1.29 is 4.79 Å². The van der Waals surface area contributed by atoms with E-state index in [9.17, 15) is 4.79 Å². The average Bonchev–Trinajstić information content (AvgIpc) is 2.33. The van der Waals surface area contributed by atoms with Gasteiger partial charge in [-0.3, -0.25) is 0 Å². The highest BCUT2D eigenvalue weighted by Gasteiger charge is 2.05. The van der Waals surface area contributed by atoms with Crippen molar-refractivity contribution in [3.8, 4) is 0 Å². The zero-order valence-corrected chi connectivity index (χ0v) is 12.2. The summed E-state index contributed by atoms with van der Waals surface area (Å²) in [5, 5.41) is 3.84. The maximum Gasteiger partial charge on any atom is 0.332 e. The maximum absolute atomic E-state index is 10.5. The first-order valence-electron chi connectivity index (χ1n) is 6.18. The summed E-state index contributed by atoms with van der Waals surface area (Å²) in [6, 6.07) is 1.52. The summed E-state index contributed by atoms with van der Waals surface area (Å²) < 4.78 is 0. The summed E-state index contributed by atoms with van der Waals surface area (Å²) in [7, 11) is 0. The van der Waals surface area contributed by atoms with Gasteiger partial charge in [0.2, 0.25) is 0 Å². The Morgan fingerprint density at radius 1 is 1.21 bits per heavy atom. The molecule has 19 heavy (non-hydrogen) atoms. The van der Waals surface area contributed by atoms with E-state index < -0.39 is 6.03 Å². The predicted octanol–water partition coefficient (Wildman–Crippen LogP) is 2.98. The van der Waals surface area contributed by atoms with E-state index in [-0.39, 0.29) is 0 Å². The molecule has 0 spiro atoms. The number of hydrogen-bond donors (Lipinski definition) is 2. The summed E-state index contributed by atoms with van der Waals surface area (Å²) in [4.78, 5) is 10.5. The number of primary amides is 1. The fourth-order valence-electron chi connectivity index (χ4n) is 1.95. The molecule has 0 unspecified atom stereocenters. The number of hydrazone groups is 1. The number of aryl methyl sites for hydroxylation is 2. The normalized spacial score (nSPS) is 11.9. The molecule has 0 bridgehead atoms. The number of rotatable bonds is 3. The van der Waals surface area contributed by atoms with Crippen LogP contribution in [-0.4, -0.2) is 11.7 Å². The number of nitrogens with zero attached hydrogens (tertiary/aromatic N) is 1. The van der Waals surface area contributed by atoms with Crippen LogP contribution >= 0.6 is 0 Å². The minimum atomic E-state index is -0.661. The van der Waals surface area contributed by atoms with Gasteiger partial charge in [-0.15, -0.1) is 0 Å². The van der Waals surface area contributed by atoms with Crippen molar-refractivity contribution in [2.75, 3.05) is 0 Å². The van der Waals surface area contributed by atoms with E-state index in [1.54, 1.807) is 6.92 Å². The Morgan fingerprint density at radius 2 is 1.84 bits per heavy atom. The van der Waals surface area contributed by atoms with Crippen molar-refractivity contribution in [3.05, 3.63) is 40.0 Å². The predicted molar refractivity (Wildman–Crippen MR) is 80.3 cm³/mol. The number of amides is 2. The highest BCUT2D eigenvalue weighted by molar-refractivity contribution is 5.97. The molecule has 0 fully saturated rings. The van der Waals surface area contributed by atoms with Crippen molar-refractivity contribution in [1.29, 1.82) is 0 Å². The lowest BCUT2D eigenvalue weighted by Crippen LogP contribution is -2.25. The molecule has 0 aliphatic rings. The van der Waals surface area contributed by atoms with Crippen molar-refractivity contribution in [1.82, 2.24) is 5.43 Å². The number of allylic oxidation sites excluding steroid dienone is 1. The van der Waals surface area contributed by atoms with Gasteiger partial charge in [-0.1, -0.05) is 12.1 Å². The Hall–Kier alpha value is -2.10. The molecule has 0 aliphatic heterocycles. The van der Waals surface area contributed by atoms with Gasteiger partial charge in [-0.2, -0.15) is 5.10 Å². The molecule has 0 aromatic heterocycles. The van der Waals surface area contributed by atoms with Crippen molar-refractivity contribution in [3.63, 3.8) is 0 Å². The Bertz CT molecular complexity index is 557. The van der Waals surface area contributed by atoms with Crippen LogP contribution in [0.25, 0.3) is 6.08 Å². The number of carbonyl (C=O) groups is 1. The Labute approximate surface area is 114 Å². The first kappa shape index (κ1) is 15.0. The molecule has 102 valence electrons. The minimum absolute atomic E-state index is 0.661. The maximum atomic E-state index is 10.5. The number of benzene rings is 1. The first-order valence-corrected chi connectivity index (χ1v) is 6.18. The van der Waals surface area contributed by atoms with E-state index in [0.29, 0.717) is 5.71 Å². The third-order valence-electron chi connectivity index (χ3n) is 3.25. The Morgan fingerprint density at radius 3 is 2.42 bits per heavy atom. The van der Waals surface area contributed by atoms with Crippen LogP contribution in [0.2, 0.25) is 0 Å². The molecule has 2 amide bonds. The third-order valence-corrected chi connectivity index (χ3v) is 3.25. The first-order chi connectivity index (χ1) is 8.82. The fourth-order valence-corrected chi connectivity index (χ4v) is 1.95. The van der Waals surface area contributed by atoms with Gasteiger partial charge in [0.25, 0.3) is 0 Å². The number of urea groups is 1. The second-order valence-electron chi connectivity index (χ2n) is 4.74. The van der Waals surface area contributed by atoms with E-state index in [1.165, 1.54) is 27.8 Å². The second-order valence-corrected chi connectivity index (χ2v) is 4.74. The van der Waals surface area contributed by atoms with Crippen LogP contribution in [0.15, 0.2) is 17.2 Å². The van der Waals surface area contributed by atoms with E-state index >= 15 is 0 Å². The molecule has 0 saturated heterocycles. The standard InChI is InChI=1S/C15H21N3O/c1-9-8-10(2)14(13(5)12(9)4)7-6-11(3)17-18-15(16)19/h6-8H,1-5H3,(H3,16,18,19)/b7-6+,17-11+. The van der Waals surface area contributed by atoms with Gasteiger partial charge in [-0.25, -0.2) is 10.2 Å². The lowest BCUT2D eigenvalue weighted by atomic mass is 9.94. The molecule has 0 atom stereocenters. The molecule has 0 heterocycles. The van der Waals surface area contributed by atoms with Crippen molar-refractivity contribution in [2.45, 2.75) is 34.6 Å². The number of nitrogens with two attached hydrogens (primary N) is 1. The van der Waals surface area contributed by atoms with Crippen LogP contribution in [0.4, 0.5) is 4.79 Å². The second kappa shape index (κ2) is 6.18. The molecule has 0 saturated carbocycles. The molecule has 3 N–H and O–H groups in total. The molecule has 0 radical (unpaired) electrons. The van der Waals surface area contributed by atoms with Gasteiger partial charge in [0, 0.05) is 0 Å². The van der Waals surface area contributed by atoms with Gasteiger partial charge < -0.3 is 5.73 Å². The van der Waals surface area contributed by atoms with Crippen LogP contribution in [-0.2, 0) is 0 Å². The lowest BCUT2D eigenvalue weighted by molar-refractivity contribution is 0.249. The molecule has 4 nitrogen and oxygen atoms in total. The molecular weight excluding hydrogens is 238 g/mol. The van der Waals surface area contributed by atoms with Crippen molar-refractivity contribution >= 4 is 17.8 Å². The van der Waals surface area contributed by atoms with Crippen LogP contribution in [0.5, 0.6) is 0 Å². The minimum Gasteiger partial charge on any atom is -0.350 e. The number of carbonyl (C=O) groups excluding carboxylic acids is 1. The molecule has 1 rings (SSSR count). The molecular formula is C15H21N3O. The highest BCUT2D eigenvalue weighted by Crippen LogP contribution is 2.22. The molecule has 1 aromatic carbocycles. The monoisotopic (exact) mass is 259 g/mol. The van der Waals surface area contributed by atoms with Crippen LogP contribution < -0.4 is 11.2 Å². The van der Waals surface area contributed by atoms with Crippen LogP contribution in [0.3, 0.4) is 0 Å². The van der Waals surface area contributed by atoms with Crippen LogP contribution in [0.1, 0.15) is 34.7 Å². The smallest absolute Gasteiger partial charge is 0.332 e. The molecule has 1 aromatic rings. The Kier molecular flexibility index (Phi) is 4.87. The van der Waals surface area contributed by atoms with Gasteiger partial charge in [0.05, 0.1) is 5.71 Å². The highest BCUT2D eigenvalue weighted by atomic mass is 16.2. The largest absolute Gasteiger partial charge is 0.350 e. The van der Waals surface area contributed by atoms with Crippen LogP contribution in [0, 0.1) is 27.7 Å². The van der Waals surface area contributed by atoms with Gasteiger partial charge >= 0.3 is 6.03 Å². The summed E-state index contributed by atoms with van der Waals surface area (Å²) in [5.74, 6) is 0. The zero-order valence-electron chi connectivity index (χ0n) is 12.2. The van der Waals surface area contributed by atoms with E-state index in [4.69, 9.17) is 5.73 Å². The fraction of sp³-hybridized carbons (Fsp3) is 0.333. The lowest BCUT2D eigenvalue weighted by Gasteiger charge is -2.12. The zero-order chi connectivity index (χ0) is 14.6. The topological polar surface area (TPSA) is 67.5 Å². The summed E-state index contributed by atoms with van der Waals surface area (Å²) in [6.07, 6.45) is 3.87. The SMILES string of the molecule is CC(/C=C/c1c(C)cc(C)c(C)c1C)=N\NC(N)=O. The summed E-state index contributed by atoms with van der Waals surface area (Å²) >= 11 is 0. The number of hydrogen-bond acceptors (Lipinski definition) is 2. The van der Waals surface area contributed by atoms with Gasteiger partial charge in [0.15, 0.2) is 0 Å². The summed E-state index contributed by atoms with van der Waals surface area (Å²) in [5.41, 5.74) is 14.1. The van der Waals surface area contributed by atoms with E-state index in [1.807, 2.05) is 12.2 Å². The van der Waals surface area contributed by atoms with E-state index in [2.05, 4.69) is 44.3 Å². The molecule has 4 heteroatoms.